The van der Waals surface area contributed by atoms with Crippen LogP contribution in [-0.2, 0) is 4.79 Å². The van der Waals surface area contributed by atoms with Gasteiger partial charge in [0.1, 0.15) is 0 Å². The molecule has 16 heavy (non-hydrogen) atoms. The fraction of sp³-hybridized carbons (Fsp3) is 0.818. The average molecular weight is 229 g/mol. The van der Waals surface area contributed by atoms with Crippen molar-refractivity contribution in [3.8, 4) is 0 Å². The number of urea groups is 1. The van der Waals surface area contributed by atoms with Crippen molar-refractivity contribution in [2.75, 3.05) is 0 Å². The quantitative estimate of drug-likeness (QED) is 0.635. The lowest BCUT2D eigenvalue weighted by Crippen LogP contribution is -2.53. The lowest BCUT2D eigenvalue weighted by molar-refractivity contribution is -0.123. The third kappa shape index (κ3) is 5.11. The van der Waals surface area contributed by atoms with E-state index in [0.717, 1.165) is 12.8 Å². The molecule has 4 N–H and O–H groups in total. The molecule has 0 aromatic carbocycles. The van der Waals surface area contributed by atoms with Crippen molar-refractivity contribution >= 4 is 11.9 Å². The second-order valence-corrected chi connectivity index (χ2v) is 4.26. The lowest BCUT2D eigenvalue weighted by atomic mass is 10.0. The molecule has 0 unspecified atom stereocenters. The molecular formula is C11H23N3O2. The summed E-state index contributed by atoms with van der Waals surface area (Å²) in [7, 11) is 0. The Kier molecular flexibility index (Phi) is 6.72. The summed E-state index contributed by atoms with van der Waals surface area (Å²) in [6.45, 7) is 7.98. The minimum Gasteiger partial charge on any atom is -0.351 e. The molecule has 0 spiro atoms. The highest BCUT2D eigenvalue weighted by atomic mass is 16.2. The van der Waals surface area contributed by atoms with Crippen LogP contribution in [0.2, 0.25) is 0 Å². The van der Waals surface area contributed by atoms with Gasteiger partial charge in [0.25, 0.3) is 0 Å². The van der Waals surface area contributed by atoms with Crippen molar-refractivity contribution in [1.29, 1.82) is 0 Å². The number of hydrogen-bond acceptors (Lipinski definition) is 3. The Morgan fingerprint density at radius 2 is 1.69 bits per heavy atom. The van der Waals surface area contributed by atoms with Crippen LogP contribution in [0.5, 0.6) is 0 Å². The molecule has 3 amide bonds. The molecule has 0 aromatic rings. The maximum absolute atomic E-state index is 11.7. The predicted octanol–water partition coefficient (Wildman–Crippen LogP) is 0.984. The normalized spacial score (nSPS) is 12.9. The van der Waals surface area contributed by atoms with Gasteiger partial charge in [-0.25, -0.2) is 4.79 Å². The van der Waals surface area contributed by atoms with Gasteiger partial charge in [-0.3, -0.25) is 10.1 Å². The fourth-order valence-corrected chi connectivity index (χ4v) is 1.55. The van der Waals surface area contributed by atoms with Crippen molar-refractivity contribution in [2.24, 2.45) is 11.7 Å². The first-order chi connectivity index (χ1) is 7.42. The van der Waals surface area contributed by atoms with Gasteiger partial charge in [0, 0.05) is 6.04 Å². The maximum atomic E-state index is 11.7. The van der Waals surface area contributed by atoms with Gasteiger partial charge in [-0.2, -0.15) is 0 Å². The number of imide groups is 1. The highest BCUT2D eigenvalue weighted by Crippen LogP contribution is 2.06. The highest BCUT2D eigenvalue weighted by Gasteiger charge is 2.24. The second-order valence-electron chi connectivity index (χ2n) is 4.26. The van der Waals surface area contributed by atoms with E-state index in [1.165, 1.54) is 0 Å². The Bertz CT molecular complexity index is 237. The van der Waals surface area contributed by atoms with Crippen LogP contribution in [0.3, 0.4) is 0 Å². The first kappa shape index (κ1) is 14.9. The summed E-state index contributed by atoms with van der Waals surface area (Å²) in [6, 6.07) is -0.898. The summed E-state index contributed by atoms with van der Waals surface area (Å²) < 4.78 is 0. The van der Waals surface area contributed by atoms with Crippen LogP contribution in [0, 0.1) is 5.92 Å². The molecular weight excluding hydrogens is 206 g/mol. The molecule has 0 rings (SSSR count). The summed E-state index contributed by atoms with van der Waals surface area (Å²) in [5.74, 6) is -0.241. The van der Waals surface area contributed by atoms with Crippen LogP contribution < -0.4 is 16.4 Å². The van der Waals surface area contributed by atoms with Gasteiger partial charge in [-0.15, -0.1) is 0 Å². The van der Waals surface area contributed by atoms with E-state index in [-0.39, 0.29) is 23.9 Å². The first-order valence-corrected chi connectivity index (χ1v) is 5.78. The molecule has 0 bridgehead atoms. The van der Waals surface area contributed by atoms with Gasteiger partial charge in [-0.05, 0) is 18.8 Å². The van der Waals surface area contributed by atoms with Crippen molar-refractivity contribution in [3.05, 3.63) is 0 Å². The van der Waals surface area contributed by atoms with Gasteiger partial charge in [0.15, 0.2) is 0 Å². The number of nitrogens with one attached hydrogen (secondary N) is 2. The minimum absolute atomic E-state index is 0.111. The van der Waals surface area contributed by atoms with Crippen molar-refractivity contribution in [1.82, 2.24) is 10.6 Å². The molecule has 0 saturated carbocycles. The molecule has 1 atom stereocenters. The van der Waals surface area contributed by atoms with Crippen LogP contribution in [0.15, 0.2) is 0 Å². The number of primary amides is 1. The van der Waals surface area contributed by atoms with E-state index in [1.54, 1.807) is 0 Å². The van der Waals surface area contributed by atoms with Gasteiger partial charge >= 0.3 is 6.03 Å². The highest BCUT2D eigenvalue weighted by molar-refractivity contribution is 5.96. The summed E-state index contributed by atoms with van der Waals surface area (Å²) in [5.41, 5.74) is 4.93. The standard InChI is InChI=1S/C11H23N3O2/c1-5-8(6-2)13-9(7(3)4)10(15)14-11(12)16/h7-9,13H,5-6H2,1-4H3,(H3,12,14,15,16)/t9-/m1/s1. The summed E-state index contributed by atoms with van der Waals surface area (Å²) >= 11 is 0. The largest absolute Gasteiger partial charge is 0.351 e. The summed E-state index contributed by atoms with van der Waals surface area (Å²) in [4.78, 5) is 22.3. The van der Waals surface area contributed by atoms with Gasteiger partial charge in [0.05, 0.1) is 6.04 Å². The molecule has 0 aromatic heterocycles. The molecule has 0 aliphatic heterocycles. The molecule has 0 aliphatic carbocycles. The monoisotopic (exact) mass is 229 g/mol. The van der Waals surface area contributed by atoms with E-state index in [2.05, 4.69) is 24.5 Å². The van der Waals surface area contributed by atoms with Gasteiger partial charge in [0.2, 0.25) is 5.91 Å². The van der Waals surface area contributed by atoms with Gasteiger partial charge in [-0.1, -0.05) is 27.7 Å². The zero-order chi connectivity index (χ0) is 12.7. The number of carbonyl (C=O) groups excluding carboxylic acids is 2. The van der Waals surface area contributed by atoms with Crippen LogP contribution in [-0.4, -0.2) is 24.0 Å². The predicted molar refractivity (Wildman–Crippen MR) is 63.9 cm³/mol. The smallest absolute Gasteiger partial charge is 0.318 e. The Hall–Kier alpha value is -1.10. The van der Waals surface area contributed by atoms with Crippen LogP contribution in [0.25, 0.3) is 0 Å². The summed E-state index contributed by atoms with van der Waals surface area (Å²) in [6.07, 6.45) is 1.90. The SMILES string of the molecule is CCC(CC)N[C@@H](C(=O)NC(N)=O)C(C)C. The third-order valence-corrected chi connectivity index (χ3v) is 2.60. The van der Waals surface area contributed by atoms with Crippen molar-refractivity contribution < 1.29 is 9.59 Å². The zero-order valence-electron chi connectivity index (χ0n) is 10.5. The molecule has 0 radical (unpaired) electrons. The number of nitrogens with two attached hydrogens (primary N) is 1. The molecule has 0 saturated heterocycles. The fourth-order valence-electron chi connectivity index (χ4n) is 1.55. The second kappa shape index (κ2) is 7.22. The number of hydrogen-bond donors (Lipinski definition) is 3. The van der Waals surface area contributed by atoms with Crippen LogP contribution >= 0.6 is 0 Å². The Balaban J connectivity index is 4.48. The van der Waals surface area contributed by atoms with E-state index in [1.807, 2.05) is 13.8 Å². The molecule has 0 heterocycles. The maximum Gasteiger partial charge on any atom is 0.318 e. The van der Waals surface area contributed by atoms with Gasteiger partial charge < -0.3 is 11.1 Å². The Morgan fingerprint density at radius 3 is 2.00 bits per heavy atom. The molecule has 5 nitrogen and oxygen atoms in total. The van der Waals surface area contributed by atoms with E-state index in [0.29, 0.717) is 0 Å². The zero-order valence-corrected chi connectivity index (χ0v) is 10.5. The summed E-state index contributed by atoms with van der Waals surface area (Å²) in [5, 5.41) is 5.35. The van der Waals surface area contributed by atoms with Crippen molar-refractivity contribution in [2.45, 2.75) is 52.6 Å². The van der Waals surface area contributed by atoms with E-state index in [4.69, 9.17) is 5.73 Å². The van der Waals surface area contributed by atoms with Crippen LogP contribution in [0.4, 0.5) is 4.79 Å². The average Bonchev–Trinajstić information content (AvgIpc) is 2.17. The molecule has 0 aliphatic rings. The van der Waals surface area contributed by atoms with Crippen molar-refractivity contribution in [3.63, 3.8) is 0 Å². The molecule has 94 valence electrons. The van der Waals surface area contributed by atoms with Crippen LogP contribution in [0.1, 0.15) is 40.5 Å². The van der Waals surface area contributed by atoms with E-state index in [9.17, 15) is 9.59 Å². The Morgan fingerprint density at radius 1 is 1.19 bits per heavy atom. The lowest BCUT2D eigenvalue weighted by Gasteiger charge is -2.25. The minimum atomic E-state index is -0.804. The molecule has 5 heteroatoms. The number of amides is 3. The Labute approximate surface area is 97.2 Å². The number of carbonyl (C=O) groups is 2. The number of rotatable bonds is 6. The first-order valence-electron chi connectivity index (χ1n) is 5.78. The third-order valence-electron chi connectivity index (χ3n) is 2.60. The molecule has 0 fully saturated rings. The van der Waals surface area contributed by atoms with E-state index < -0.39 is 6.03 Å². The van der Waals surface area contributed by atoms with E-state index >= 15 is 0 Å². The topological polar surface area (TPSA) is 84.2 Å².